The Balaban J connectivity index is 1.72. The lowest BCUT2D eigenvalue weighted by Gasteiger charge is -2.38. The fourth-order valence-electron chi connectivity index (χ4n) is 7.43. The molecule has 0 amide bonds. The first-order chi connectivity index (χ1) is 17.1. The average Bonchev–Trinajstić information content (AvgIpc) is 3.23. The van der Waals surface area contributed by atoms with Gasteiger partial charge in [-0.05, 0) is 75.6 Å². The lowest BCUT2D eigenvalue weighted by atomic mass is 9.57. The Morgan fingerprint density at radius 2 is 1.72 bits per heavy atom. The van der Waals surface area contributed by atoms with Gasteiger partial charge in [0.15, 0.2) is 7.28 Å². The van der Waals surface area contributed by atoms with Gasteiger partial charge in [-0.1, -0.05) is 128 Å². The maximum Gasteiger partial charge on any atom is 0.152 e. The van der Waals surface area contributed by atoms with Crippen molar-refractivity contribution in [3.8, 4) is 11.1 Å². The average molecular weight is 476 g/mol. The van der Waals surface area contributed by atoms with Crippen molar-refractivity contribution in [3.63, 3.8) is 0 Å². The van der Waals surface area contributed by atoms with Gasteiger partial charge >= 0.3 is 0 Å². The van der Waals surface area contributed by atoms with Gasteiger partial charge in [-0.2, -0.15) is 0 Å². The molecule has 0 saturated heterocycles. The number of rotatable bonds is 5. The van der Waals surface area contributed by atoms with Crippen LogP contribution in [-0.4, -0.2) is 7.28 Å². The lowest BCUT2D eigenvalue weighted by molar-refractivity contribution is 0.283. The Morgan fingerprint density at radius 1 is 1.00 bits per heavy atom. The molecule has 5 rings (SSSR count). The van der Waals surface area contributed by atoms with Gasteiger partial charge in [0, 0.05) is 10.8 Å². The molecular weight excluding hydrogens is 431 g/mol. The molecule has 1 unspecified atom stereocenters. The maximum absolute atomic E-state index is 4.35. The highest BCUT2D eigenvalue weighted by molar-refractivity contribution is 6.54. The molecule has 3 aliphatic rings. The first-order valence-electron chi connectivity index (χ1n) is 14.2. The first-order valence-corrected chi connectivity index (χ1v) is 14.2. The van der Waals surface area contributed by atoms with Crippen molar-refractivity contribution >= 4 is 18.3 Å². The molecule has 0 N–H and O–H groups in total. The molecule has 2 aromatic rings. The molecule has 1 spiro atoms. The summed E-state index contributed by atoms with van der Waals surface area (Å²) >= 11 is 0. The topological polar surface area (TPSA) is 0 Å². The van der Waals surface area contributed by atoms with Gasteiger partial charge in [0.05, 0.1) is 0 Å². The molecule has 1 saturated carbocycles. The van der Waals surface area contributed by atoms with E-state index in [1.54, 1.807) is 5.56 Å². The van der Waals surface area contributed by atoms with Gasteiger partial charge in [-0.25, -0.2) is 0 Å². The highest BCUT2D eigenvalue weighted by Crippen LogP contribution is 2.61. The van der Waals surface area contributed by atoms with E-state index >= 15 is 0 Å². The molecule has 1 heteroatoms. The number of allylic oxidation sites excluding steroid dienone is 5. The molecule has 1 atom stereocenters. The van der Waals surface area contributed by atoms with Gasteiger partial charge in [-0.3, -0.25) is 0 Å². The Bertz CT molecular complexity index is 1250. The van der Waals surface area contributed by atoms with Crippen molar-refractivity contribution < 1.29 is 0 Å². The van der Waals surface area contributed by atoms with Crippen molar-refractivity contribution in [1.82, 2.24) is 0 Å². The summed E-state index contributed by atoms with van der Waals surface area (Å²) in [5.74, 6) is 0.637. The summed E-state index contributed by atoms with van der Waals surface area (Å²) in [6, 6.07) is 12.0. The third-order valence-electron chi connectivity index (χ3n) is 9.86. The number of hydrogen-bond donors (Lipinski definition) is 0. The second-order valence-corrected chi connectivity index (χ2v) is 13.2. The van der Waals surface area contributed by atoms with Gasteiger partial charge in [0.1, 0.15) is 0 Å². The second-order valence-electron chi connectivity index (χ2n) is 13.2. The summed E-state index contributed by atoms with van der Waals surface area (Å²) in [5.41, 5.74) is 13.8. The largest absolute Gasteiger partial charge is 0.152 e. The molecule has 1 fully saturated rings. The summed E-state index contributed by atoms with van der Waals surface area (Å²) < 4.78 is 0. The van der Waals surface area contributed by atoms with Crippen LogP contribution in [0.25, 0.3) is 16.7 Å². The summed E-state index contributed by atoms with van der Waals surface area (Å²) in [6.07, 6.45) is 14.3. The molecular formula is C35H44B. The molecule has 3 aliphatic carbocycles. The zero-order valence-corrected chi connectivity index (χ0v) is 23.7. The molecule has 0 heterocycles. The van der Waals surface area contributed by atoms with Crippen LogP contribution >= 0.6 is 0 Å². The minimum absolute atomic E-state index is 0.00862. The third-order valence-corrected chi connectivity index (χ3v) is 9.86. The molecule has 0 nitrogen and oxygen atoms in total. The minimum Gasteiger partial charge on any atom is -0.0987 e. The van der Waals surface area contributed by atoms with E-state index in [1.807, 2.05) is 0 Å². The smallest absolute Gasteiger partial charge is 0.0987 e. The predicted molar refractivity (Wildman–Crippen MR) is 160 cm³/mol. The summed E-state index contributed by atoms with van der Waals surface area (Å²) in [7, 11) is 2.53. The van der Waals surface area contributed by atoms with Crippen LogP contribution < -0.4 is 5.46 Å². The Labute approximate surface area is 221 Å². The van der Waals surface area contributed by atoms with Gasteiger partial charge in [0.25, 0.3) is 0 Å². The molecule has 0 aliphatic heterocycles. The Morgan fingerprint density at radius 3 is 2.36 bits per heavy atom. The summed E-state index contributed by atoms with van der Waals surface area (Å²) in [5, 5.41) is 0. The number of benzene rings is 2. The van der Waals surface area contributed by atoms with E-state index in [2.05, 4.69) is 111 Å². The van der Waals surface area contributed by atoms with E-state index in [-0.39, 0.29) is 10.8 Å². The van der Waals surface area contributed by atoms with Gasteiger partial charge in [-0.15, -0.1) is 0 Å². The van der Waals surface area contributed by atoms with E-state index in [4.69, 9.17) is 0 Å². The first kappa shape index (κ1) is 25.4. The standard InChI is InChI=1S/C35H44B/c1-9-15-24-25-18-19-28-30(32(25)35(27(24)10-2)20-12-11-13-21-35)26-16-14-17-29(31(26)34(28,7)8)36-22-23(3)33(4,5)6/h9-10,14-19,23H,2,11-13,20-22H2,1,3-8H3/b15-9-. The Hall–Kier alpha value is -2.28. The van der Waals surface area contributed by atoms with E-state index < -0.39 is 0 Å². The quantitative estimate of drug-likeness (QED) is 0.378. The predicted octanol–water partition coefficient (Wildman–Crippen LogP) is 9.15. The van der Waals surface area contributed by atoms with Crippen molar-refractivity contribution in [3.05, 3.63) is 83.0 Å². The van der Waals surface area contributed by atoms with Crippen molar-refractivity contribution in [2.45, 2.75) is 97.7 Å². The lowest BCUT2D eigenvalue weighted by Crippen LogP contribution is -2.30. The van der Waals surface area contributed by atoms with Gasteiger partial charge < -0.3 is 0 Å². The van der Waals surface area contributed by atoms with Crippen LogP contribution in [0, 0.1) is 11.3 Å². The van der Waals surface area contributed by atoms with Crippen LogP contribution in [-0.2, 0) is 10.8 Å². The van der Waals surface area contributed by atoms with E-state index in [0.717, 1.165) is 6.32 Å². The monoisotopic (exact) mass is 475 g/mol. The Kier molecular flexibility index (Phi) is 6.30. The molecule has 1 radical (unpaired) electrons. The minimum atomic E-state index is -0.00862. The SMILES string of the molecule is C=CC1=C(/C=C\C)c2ccc3c(c2C12CCCCC2)-c1cccc([B]CC(C)C(C)(C)C)c1C3(C)C. The fraction of sp³-hybridized carbons (Fsp3) is 0.486. The molecule has 36 heavy (non-hydrogen) atoms. The fourth-order valence-corrected chi connectivity index (χ4v) is 7.43. The zero-order valence-electron chi connectivity index (χ0n) is 23.7. The van der Waals surface area contributed by atoms with Crippen molar-refractivity contribution in [2.24, 2.45) is 11.3 Å². The van der Waals surface area contributed by atoms with E-state index in [1.165, 1.54) is 76.5 Å². The van der Waals surface area contributed by atoms with Crippen molar-refractivity contribution in [1.29, 1.82) is 0 Å². The highest BCUT2D eigenvalue weighted by atomic mass is 14.5. The number of fused-ring (bicyclic) bond motifs is 6. The highest BCUT2D eigenvalue weighted by Gasteiger charge is 2.49. The second kappa shape index (κ2) is 8.93. The van der Waals surface area contributed by atoms with Crippen LogP contribution in [0.5, 0.6) is 0 Å². The normalized spacial score (nSPS) is 20.4. The zero-order chi connectivity index (χ0) is 25.9. The van der Waals surface area contributed by atoms with Crippen LogP contribution in [0.3, 0.4) is 0 Å². The van der Waals surface area contributed by atoms with E-state index in [0.29, 0.717) is 11.3 Å². The molecule has 187 valence electrons. The molecule has 0 bridgehead atoms. The molecule has 2 aromatic carbocycles. The maximum atomic E-state index is 4.35. The van der Waals surface area contributed by atoms with Crippen LogP contribution in [0.4, 0.5) is 0 Å². The summed E-state index contributed by atoms with van der Waals surface area (Å²) in [4.78, 5) is 0. The molecule has 0 aromatic heterocycles. The van der Waals surface area contributed by atoms with E-state index in [9.17, 15) is 0 Å². The van der Waals surface area contributed by atoms with Crippen LogP contribution in [0.15, 0.2) is 60.7 Å². The third kappa shape index (κ3) is 3.64. The van der Waals surface area contributed by atoms with Crippen LogP contribution in [0.2, 0.25) is 6.32 Å². The summed E-state index contributed by atoms with van der Waals surface area (Å²) in [6.45, 7) is 20.9. The van der Waals surface area contributed by atoms with Gasteiger partial charge in [0.2, 0.25) is 0 Å². The van der Waals surface area contributed by atoms with Crippen LogP contribution in [0.1, 0.15) is 103 Å². The number of hydrogen-bond acceptors (Lipinski definition) is 0. The van der Waals surface area contributed by atoms with Crippen molar-refractivity contribution in [2.75, 3.05) is 0 Å².